The van der Waals surface area contributed by atoms with Gasteiger partial charge in [-0.25, -0.2) is 0 Å². The Balaban J connectivity index is 2.35. The summed E-state index contributed by atoms with van der Waals surface area (Å²) < 4.78 is 10.3. The molecule has 0 fully saturated rings. The van der Waals surface area contributed by atoms with Crippen LogP contribution in [0.25, 0.3) is 0 Å². The van der Waals surface area contributed by atoms with Crippen LogP contribution in [-0.4, -0.2) is 24.4 Å². The highest BCUT2D eigenvalue weighted by Crippen LogP contribution is 2.28. The van der Waals surface area contributed by atoms with Gasteiger partial charge < -0.3 is 14.8 Å². The molecule has 0 aliphatic rings. The van der Waals surface area contributed by atoms with Crippen LogP contribution < -0.4 is 14.8 Å². The lowest BCUT2D eigenvalue weighted by Gasteiger charge is -2.10. The van der Waals surface area contributed by atoms with Crippen molar-refractivity contribution in [2.24, 2.45) is 0 Å². The SMILES string of the molecule is COc1cc(Nc2nnccc2C#N)cc(OC)c1. The molecule has 96 valence electrons. The molecule has 0 aliphatic carbocycles. The largest absolute Gasteiger partial charge is 0.497 e. The molecule has 19 heavy (non-hydrogen) atoms. The van der Waals surface area contributed by atoms with E-state index in [1.54, 1.807) is 38.5 Å². The van der Waals surface area contributed by atoms with Crippen LogP contribution >= 0.6 is 0 Å². The fourth-order valence-electron chi connectivity index (χ4n) is 1.53. The highest BCUT2D eigenvalue weighted by Gasteiger charge is 2.06. The first-order valence-electron chi connectivity index (χ1n) is 5.48. The summed E-state index contributed by atoms with van der Waals surface area (Å²) in [6.07, 6.45) is 1.47. The summed E-state index contributed by atoms with van der Waals surface area (Å²) >= 11 is 0. The van der Waals surface area contributed by atoms with E-state index < -0.39 is 0 Å². The molecule has 0 bridgehead atoms. The van der Waals surface area contributed by atoms with Crippen LogP contribution in [0.1, 0.15) is 5.56 Å². The van der Waals surface area contributed by atoms with Crippen molar-refractivity contribution in [3.05, 3.63) is 36.0 Å². The number of aromatic nitrogens is 2. The maximum Gasteiger partial charge on any atom is 0.171 e. The maximum atomic E-state index is 8.99. The molecule has 1 aromatic heterocycles. The zero-order chi connectivity index (χ0) is 13.7. The molecule has 0 aliphatic heterocycles. The Labute approximate surface area is 110 Å². The van der Waals surface area contributed by atoms with Gasteiger partial charge in [0, 0.05) is 23.9 Å². The summed E-state index contributed by atoms with van der Waals surface area (Å²) in [5.74, 6) is 1.67. The lowest BCUT2D eigenvalue weighted by Crippen LogP contribution is -1.99. The lowest BCUT2D eigenvalue weighted by atomic mass is 10.2. The van der Waals surface area contributed by atoms with Gasteiger partial charge in [0.2, 0.25) is 0 Å². The van der Waals surface area contributed by atoms with Crippen LogP contribution in [0.2, 0.25) is 0 Å². The van der Waals surface area contributed by atoms with Crippen molar-refractivity contribution in [3.63, 3.8) is 0 Å². The topological polar surface area (TPSA) is 80.1 Å². The first-order valence-corrected chi connectivity index (χ1v) is 5.48. The lowest BCUT2D eigenvalue weighted by molar-refractivity contribution is 0.395. The Morgan fingerprint density at radius 1 is 1.16 bits per heavy atom. The van der Waals surface area contributed by atoms with Gasteiger partial charge in [0.15, 0.2) is 5.82 Å². The highest BCUT2D eigenvalue weighted by molar-refractivity contribution is 5.64. The molecule has 2 aromatic rings. The molecule has 0 saturated heterocycles. The van der Waals surface area contributed by atoms with Crippen LogP contribution in [0.4, 0.5) is 11.5 Å². The standard InChI is InChI=1S/C13H12N4O2/c1-18-11-5-10(6-12(7-11)19-2)16-13-9(8-14)3-4-15-17-13/h3-7H,1-2H3,(H,16,17). The minimum absolute atomic E-state index is 0.389. The monoisotopic (exact) mass is 256 g/mol. The van der Waals surface area contributed by atoms with E-state index in [-0.39, 0.29) is 0 Å². The minimum atomic E-state index is 0.389. The van der Waals surface area contributed by atoms with Gasteiger partial charge in [0.1, 0.15) is 17.6 Å². The molecule has 0 saturated carbocycles. The van der Waals surface area contributed by atoms with E-state index in [9.17, 15) is 0 Å². The smallest absolute Gasteiger partial charge is 0.171 e. The number of ether oxygens (including phenoxy) is 2. The zero-order valence-corrected chi connectivity index (χ0v) is 10.5. The Morgan fingerprint density at radius 2 is 1.84 bits per heavy atom. The molecule has 0 radical (unpaired) electrons. The fraction of sp³-hybridized carbons (Fsp3) is 0.154. The average molecular weight is 256 g/mol. The quantitative estimate of drug-likeness (QED) is 0.902. The molecule has 1 heterocycles. The molecule has 0 amide bonds. The van der Waals surface area contributed by atoms with Crippen molar-refractivity contribution >= 4 is 11.5 Å². The van der Waals surface area contributed by atoms with Gasteiger partial charge in [-0.2, -0.15) is 10.4 Å². The Morgan fingerprint density at radius 3 is 2.42 bits per heavy atom. The predicted molar refractivity (Wildman–Crippen MR) is 69.6 cm³/mol. The van der Waals surface area contributed by atoms with Gasteiger partial charge >= 0.3 is 0 Å². The van der Waals surface area contributed by atoms with E-state index in [0.29, 0.717) is 28.6 Å². The number of hydrogen-bond donors (Lipinski definition) is 1. The van der Waals surface area contributed by atoms with Crippen molar-refractivity contribution in [2.45, 2.75) is 0 Å². The predicted octanol–water partition coefficient (Wildman–Crippen LogP) is 2.11. The van der Waals surface area contributed by atoms with Crippen molar-refractivity contribution in [1.82, 2.24) is 10.2 Å². The molecule has 1 N–H and O–H groups in total. The molecule has 6 heteroatoms. The van der Waals surface area contributed by atoms with Gasteiger partial charge in [-0.15, -0.1) is 5.10 Å². The summed E-state index contributed by atoms with van der Waals surface area (Å²) in [6.45, 7) is 0. The molecular formula is C13H12N4O2. The number of nitriles is 1. The van der Waals surface area contributed by atoms with Gasteiger partial charge in [-0.3, -0.25) is 0 Å². The van der Waals surface area contributed by atoms with E-state index in [2.05, 4.69) is 15.5 Å². The van der Waals surface area contributed by atoms with Crippen molar-refractivity contribution < 1.29 is 9.47 Å². The normalized spacial score (nSPS) is 9.53. The first-order chi connectivity index (χ1) is 9.26. The Kier molecular flexibility index (Phi) is 3.78. The van der Waals surface area contributed by atoms with E-state index >= 15 is 0 Å². The van der Waals surface area contributed by atoms with Crippen LogP contribution in [0, 0.1) is 11.3 Å². The Hall–Kier alpha value is -2.81. The summed E-state index contributed by atoms with van der Waals surface area (Å²) in [7, 11) is 3.14. The van der Waals surface area contributed by atoms with Crippen molar-refractivity contribution in [3.8, 4) is 17.6 Å². The van der Waals surface area contributed by atoms with Crippen LogP contribution in [-0.2, 0) is 0 Å². The van der Waals surface area contributed by atoms with Crippen molar-refractivity contribution in [1.29, 1.82) is 5.26 Å². The number of rotatable bonds is 4. The molecular weight excluding hydrogens is 244 g/mol. The van der Waals surface area contributed by atoms with Crippen LogP contribution in [0.5, 0.6) is 11.5 Å². The number of nitrogens with zero attached hydrogens (tertiary/aromatic N) is 3. The molecule has 0 atom stereocenters. The van der Waals surface area contributed by atoms with E-state index in [1.165, 1.54) is 6.20 Å². The number of nitrogens with one attached hydrogen (secondary N) is 1. The summed E-state index contributed by atoms with van der Waals surface area (Å²) in [5, 5.41) is 19.6. The fourth-order valence-corrected chi connectivity index (χ4v) is 1.53. The molecule has 2 rings (SSSR count). The second kappa shape index (κ2) is 5.69. The van der Waals surface area contributed by atoms with Gasteiger partial charge in [0.05, 0.1) is 26.0 Å². The average Bonchev–Trinajstić information content (AvgIpc) is 2.47. The first kappa shape index (κ1) is 12.6. The van der Waals surface area contributed by atoms with E-state index in [0.717, 1.165) is 0 Å². The Bertz CT molecular complexity index is 600. The van der Waals surface area contributed by atoms with Crippen molar-refractivity contribution in [2.75, 3.05) is 19.5 Å². The molecule has 6 nitrogen and oxygen atoms in total. The summed E-state index contributed by atoms with van der Waals surface area (Å²) in [4.78, 5) is 0. The highest BCUT2D eigenvalue weighted by atomic mass is 16.5. The molecule has 0 unspecified atom stereocenters. The van der Waals surface area contributed by atoms with E-state index in [4.69, 9.17) is 14.7 Å². The van der Waals surface area contributed by atoms with Gasteiger partial charge in [-0.1, -0.05) is 0 Å². The van der Waals surface area contributed by atoms with E-state index in [1.807, 2.05) is 6.07 Å². The third-order valence-corrected chi connectivity index (χ3v) is 2.46. The maximum absolute atomic E-state index is 8.99. The number of benzene rings is 1. The third-order valence-electron chi connectivity index (χ3n) is 2.46. The van der Waals surface area contributed by atoms with Gasteiger partial charge in [0.25, 0.3) is 0 Å². The molecule has 1 aromatic carbocycles. The third kappa shape index (κ3) is 2.90. The second-order valence-electron chi connectivity index (χ2n) is 3.63. The van der Waals surface area contributed by atoms with Gasteiger partial charge in [-0.05, 0) is 6.07 Å². The second-order valence-corrected chi connectivity index (χ2v) is 3.63. The van der Waals surface area contributed by atoms with Crippen LogP contribution in [0.15, 0.2) is 30.5 Å². The molecule has 0 spiro atoms. The summed E-state index contributed by atoms with van der Waals surface area (Å²) in [5.41, 5.74) is 1.12. The number of anilines is 2. The summed E-state index contributed by atoms with van der Waals surface area (Å²) in [6, 6.07) is 8.94. The number of methoxy groups -OCH3 is 2. The minimum Gasteiger partial charge on any atom is -0.497 e. The number of hydrogen-bond acceptors (Lipinski definition) is 6. The zero-order valence-electron chi connectivity index (χ0n) is 10.5. The van der Waals surface area contributed by atoms with Crippen LogP contribution in [0.3, 0.4) is 0 Å².